The van der Waals surface area contributed by atoms with Gasteiger partial charge in [-0.05, 0) is 42.3 Å². The van der Waals surface area contributed by atoms with Gasteiger partial charge in [-0.1, -0.05) is 12.1 Å². The van der Waals surface area contributed by atoms with Crippen LogP contribution in [-0.4, -0.2) is 38.2 Å². The van der Waals surface area contributed by atoms with Crippen molar-refractivity contribution < 1.29 is 8.42 Å². The molecule has 1 heterocycles. The highest BCUT2D eigenvalue weighted by molar-refractivity contribution is 7.89. The highest BCUT2D eigenvalue weighted by atomic mass is 32.2. The van der Waals surface area contributed by atoms with Crippen LogP contribution in [0, 0.1) is 0 Å². The fourth-order valence-electron chi connectivity index (χ4n) is 3.03. The number of aryl methyl sites for hydroxylation is 2. The lowest BCUT2D eigenvalue weighted by Gasteiger charge is -2.13. The van der Waals surface area contributed by atoms with Gasteiger partial charge in [0.1, 0.15) is 0 Å². The largest absolute Gasteiger partial charge is 0.378 e. The summed E-state index contributed by atoms with van der Waals surface area (Å²) in [6.45, 7) is 0.301. The number of fused-ring (bicyclic) bond motifs is 1. The zero-order valence-electron chi connectivity index (χ0n) is 15.9. The monoisotopic (exact) mass is 388 g/mol. The van der Waals surface area contributed by atoms with Crippen molar-refractivity contribution in [1.82, 2.24) is 13.9 Å². The maximum atomic E-state index is 12.6. The van der Waals surface area contributed by atoms with E-state index in [1.165, 1.54) is 21.3 Å². The molecule has 0 saturated carbocycles. The van der Waals surface area contributed by atoms with Crippen LogP contribution in [0.1, 0.15) is 5.56 Å². The molecule has 0 saturated heterocycles. The van der Waals surface area contributed by atoms with Crippen LogP contribution in [0.3, 0.4) is 0 Å². The van der Waals surface area contributed by atoms with E-state index >= 15 is 0 Å². The van der Waals surface area contributed by atoms with Crippen LogP contribution in [0.4, 0.5) is 5.69 Å². The molecule has 0 aliphatic rings. The van der Waals surface area contributed by atoms with Gasteiger partial charge in [-0.3, -0.25) is 9.13 Å². The van der Waals surface area contributed by atoms with E-state index in [-0.39, 0.29) is 10.6 Å². The second kappa shape index (κ2) is 7.21. The van der Waals surface area contributed by atoms with Crippen LogP contribution in [-0.2, 0) is 30.5 Å². The molecule has 7 nitrogen and oxygen atoms in total. The zero-order valence-corrected chi connectivity index (χ0v) is 16.7. The molecule has 0 aliphatic carbocycles. The standard InChI is InChI=1S/C19H24N4O3S/c1-21(2)15-7-5-14(6-8-15)11-12-20-27(25,26)16-9-10-17-18(13-16)23(4)19(24)22(17)3/h5-10,13,20H,11-12H2,1-4H3. The van der Waals surface area contributed by atoms with Gasteiger partial charge in [0.25, 0.3) is 0 Å². The third-order valence-corrected chi connectivity index (χ3v) is 6.17. The van der Waals surface area contributed by atoms with Crippen LogP contribution in [0.2, 0.25) is 0 Å². The number of aromatic nitrogens is 2. The van der Waals surface area contributed by atoms with Gasteiger partial charge in [-0.15, -0.1) is 0 Å². The first-order valence-corrected chi connectivity index (χ1v) is 10.1. The molecule has 1 N–H and O–H groups in total. The summed E-state index contributed by atoms with van der Waals surface area (Å²) in [4.78, 5) is 14.2. The Morgan fingerprint density at radius 1 is 0.963 bits per heavy atom. The maximum absolute atomic E-state index is 12.6. The minimum Gasteiger partial charge on any atom is -0.378 e. The Morgan fingerprint density at radius 3 is 2.22 bits per heavy atom. The van der Waals surface area contributed by atoms with E-state index in [9.17, 15) is 13.2 Å². The number of benzene rings is 2. The molecular formula is C19H24N4O3S. The smallest absolute Gasteiger partial charge is 0.328 e. The number of hydrogen-bond acceptors (Lipinski definition) is 4. The Labute approximate surface area is 158 Å². The van der Waals surface area contributed by atoms with Crippen LogP contribution < -0.4 is 15.3 Å². The number of hydrogen-bond donors (Lipinski definition) is 1. The summed E-state index contributed by atoms with van der Waals surface area (Å²) in [5, 5.41) is 0. The topological polar surface area (TPSA) is 76.3 Å². The van der Waals surface area contributed by atoms with Crippen molar-refractivity contribution in [3.8, 4) is 0 Å². The summed E-state index contributed by atoms with van der Waals surface area (Å²) in [7, 11) is 3.60. The van der Waals surface area contributed by atoms with Gasteiger partial charge in [0, 0.05) is 40.4 Å². The van der Waals surface area contributed by atoms with E-state index in [0.29, 0.717) is 24.0 Å². The summed E-state index contributed by atoms with van der Waals surface area (Å²) in [5.41, 5.74) is 3.26. The molecule has 3 aromatic rings. The van der Waals surface area contributed by atoms with Crippen molar-refractivity contribution >= 4 is 26.7 Å². The first kappa shape index (κ1) is 19.2. The van der Waals surface area contributed by atoms with Crippen LogP contribution in [0.25, 0.3) is 11.0 Å². The molecule has 0 bridgehead atoms. The van der Waals surface area contributed by atoms with Gasteiger partial charge < -0.3 is 4.90 Å². The molecule has 0 aliphatic heterocycles. The van der Waals surface area contributed by atoms with Crippen molar-refractivity contribution in [1.29, 1.82) is 0 Å². The normalized spacial score (nSPS) is 11.9. The summed E-state index contributed by atoms with van der Waals surface area (Å²) in [5.74, 6) is 0. The average Bonchev–Trinajstić information content (AvgIpc) is 2.86. The second-order valence-electron chi connectivity index (χ2n) is 6.76. The van der Waals surface area contributed by atoms with Gasteiger partial charge in [-0.25, -0.2) is 17.9 Å². The highest BCUT2D eigenvalue weighted by Gasteiger charge is 2.16. The Balaban J connectivity index is 1.74. The van der Waals surface area contributed by atoms with Gasteiger partial charge in [0.2, 0.25) is 10.0 Å². The lowest BCUT2D eigenvalue weighted by atomic mass is 10.1. The summed E-state index contributed by atoms with van der Waals surface area (Å²) in [6.07, 6.45) is 0.596. The lowest BCUT2D eigenvalue weighted by Crippen LogP contribution is -2.26. The molecule has 3 rings (SSSR count). The molecule has 0 atom stereocenters. The molecule has 0 radical (unpaired) electrons. The van der Waals surface area contributed by atoms with Crippen LogP contribution in [0.15, 0.2) is 52.2 Å². The number of imidazole rings is 1. The van der Waals surface area contributed by atoms with Gasteiger partial charge >= 0.3 is 5.69 Å². The zero-order chi connectivity index (χ0) is 19.8. The molecule has 2 aromatic carbocycles. The van der Waals surface area contributed by atoms with Crippen LogP contribution in [0.5, 0.6) is 0 Å². The number of anilines is 1. The molecule has 0 unspecified atom stereocenters. The third-order valence-electron chi connectivity index (χ3n) is 4.71. The molecule has 27 heavy (non-hydrogen) atoms. The predicted molar refractivity (Wildman–Crippen MR) is 108 cm³/mol. The summed E-state index contributed by atoms with van der Waals surface area (Å²) in [6, 6.07) is 12.7. The maximum Gasteiger partial charge on any atom is 0.328 e. The molecule has 1 aromatic heterocycles. The van der Waals surface area contributed by atoms with E-state index in [2.05, 4.69) is 4.72 Å². The van der Waals surface area contributed by atoms with Crippen molar-refractivity contribution in [3.63, 3.8) is 0 Å². The summed E-state index contributed by atoms with van der Waals surface area (Å²) >= 11 is 0. The van der Waals surface area contributed by atoms with Crippen molar-refractivity contribution in [2.45, 2.75) is 11.3 Å². The van der Waals surface area contributed by atoms with E-state index in [0.717, 1.165) is 11.3 Å². The van der Waals surface area contributed by atoms with Crippen LogP contribution >= 0.6 is 0 Å². The average molecular weight is 388 g/mol. The molecule has 8 heteroatoms. The number of nitrogens with zero attached hydrogens (tertiary/aromatic N) is 3. The third kappa shape index (κ3) is 3.77. The Morgan fingerprint density at radius 2 is 1.59 bits per heavy atom. The van der Waals surface area contributed by atoms with Crippen molar-refractivity contribution in [2.24, 2.45) is 14.1 Å². The predicted octanol–water partition coefficient (Wildman–Crippen LogP) is 1.46. The Kier molecular flexibility index (Phi) is 5.12. The quantitative estimate of drug-likeness (QED) is 0.694. The first-order chi connectivity index (χ1) is 12.7. The molecule has 144 valence electrons. The van der Waals surface area contributed by atoms with E-state index in [1.54, 1.807) is 20.2 Å². The molecule has 0 spiro atoms. The number of nitrogens with one attached hydrogen (secondary N) is 1. The number of rotatable bonds is 6. The van der Waals surface area contributed by atoms with E-state index < -0.39 is 10.0 Å². The molecule has 0 amide bonds. The minimum atomic E-state index is -3.65. The first-order valence-electron chi connectivity index (χ1n) is 8.62. The number of sulfonamides is 1. The van der Waals surface area contributed by atoms with Crippen molar-refractivity contribution in [2.75, 3.05) is 25.5 Å². The van der Waals surface area contributed by atoms with Crippen molar-refractivity contribution in [3.05, 3.63) is 58.5 Å². The van der Waals surface area contributed by atoms with E-state index in [4.69, 9.17) is 0 Å². The molecular weight excluding hydrogens is 364 g/mol. The summed E-state index contributed by atoms with van der Waals surface area (Å²) < 4.78 is 30.8. The van der Waals surface area contributed by atoms with Gasteiger partial charge in [0.15, 0.2) is 0 Å². The van der Waals surface area contributed by atoms with Gasteiger partial charge in [-0.2, -0.15) is 0 Å². The Hall–Kier alpha value is -2.58. The Bertz CT molecular complexity index is 1130. The highest BCUT2D eigenvalue weighted by Crippen LogP contribution is 2.18. The fourth-order valence-corrected chi connectivity index (χ4v) is 4.08. The molecule has 0 fully saturated rings. The lowest BCUT2D eigenvalue weighted by molar-refractivity contribution is 0.581. The van der Waals surface area contributed by atoms with E-state index in [1.807, 2.05) is 43.3 Å². The van der Waals surface area contributed by atoms with Gasteiger partial charge in [0.05, 0.1) is 15.9 Å². The fraction of sp³-hybridized carbons (Fsp3) is 0.316. The minimum absolute atomic E-state index is 0.152. The SMILES string of the molecule is CN(C)c1ccc(CCNS(=O)(=O)c2ccc3c(c2)n(C)c(=O)n3C)cc1. The second-order valence-corrected chi connectivity index (χ2v) is 8.53.